The van der Waals surface area contributed by atoms with Gasteiger partial charge in [0.1, 0.15) is 6.26 Å². The van der Waals surface area contributed by atoms with E-state index in [2.05, 4.69) is 15.5 Å². The molecule has 1 aromatic carbocycles. The summed E-state index contributed by atoms with van der Waals surface area (Å²) in [6.07, 6.45) is 16.4. The number of nitrogens with zero attached hydrogens (tertiary/aromatic N) is 3. The molecule has 5 fully saturated rings. The summed E-state index contributed by atoms with van der Waals surface area (Å²) < 4.78 is 16.4. The van der Waals surface area contributed by atoms with Crippen LogP contribution in [0.1, 0.15) is 125 Å². The molecule has 2 aromatic heterocycles. The molecule has 8 rings (SSSR count). The van der Waals surface area contributed by atoms with Crippen LogP contribution in [0.3, 0.4) is 0 Å². The number of oxazole rings is 1. The lowest BCUT2D eigenvalue weighted by Crippen LogP contribution is -2.49. The quantitative estimate of drug-likeness (QED) is 0.264. The standard InChI is InChI=1S/C33H40N4O5/c1-2-40-28(38)25-20-41-27(35-25)23-7-6-8-24(19-23)34-29(39)33(11-4-3-5-12-33)21-31-13-16-32(17-14-31,18-15-31)30-36-26(37-42-30)22-9-10-22/h6-8,19-20,22H,2-5,9-18,21H2,1H3,(H,34,39). The Labute approximate surface area is 246 Å². The number of rotatable bonds is 9. The molecule has 0 unspecified atom stereocenters. The van der Waals surface area contributed by atoms with E-state index in [9.17, 15) is 9.59 Å². The minimum absolute atomic E-state index is 0.0251. The van der Waals surface area contributed by atoms with Gasteiger partial charge >= 0.3 is 5.97 Å². The summed E-state index contributed by atoms with van der Waals surface area (Å²) in [5.74, 6) is 2.21. The highest BCUT2D eigenvalue weighted by molar-refractivity contribution is 5.96. The number of fused-ring (bicyclic) bond motifs is 3. The maximum atomic E-state index is 14.2. The maximum absolute atomic E-state index is 14.2. The summed E-state index contributed by atoms with van der Waals surface area (Å²) >= 11 is 0. The number of carbonyl (C=O) groups is 2. The highest BCUT2D eigenvalue weighted by Crippen LogP contribution is 2.62. The summed E-state index contributed by atoms with van der Waals surface area (Å²) in [6, 6.07) is 7.50. The summed E-state index contributed by atoms with van der Waals surface area (Å²) in [7, 11) is 0. The van der Waals surface area contributed by atoms with Gasteiger partial charge in [-0.05, 0) is 101 Å². The molecule has 42 heavy (non-hydrogen) atoms. The van der Waals surface area contributed by atoms with Crippen LogP contribution in [0.4, 0.5) is 5.69 Å². The van der Waals surface area contributed by atoms with Crippen molar-refractivity contribution >= 4 is 17.6 Å². The van der Waals surface area contributed by atoms with Crippen molar-refractivity contribution in [2.24, 2.45) is 10.8 Å². The summed E-state index contributed by atoms with van der Waals surface area (Å²) in [5.41, 5.74) is 1.39. The van der Waals surface area contributed by atoms with E-state index >= 15 is 0 Å². The second kappa shape index (κ2) is 10.7. The Hall–Kier alpha value is -3.49. The van der Waals surface area contributed by atoms with Crippen molar-refractivity contribution in [2.45, 2.75) is 108 Å². The molecule has 5 aliphatic rings. The molecule has 0 aliphatic heterocycles. The number of carbonyl (C=O) groups excluding carboxylic acids is 2. The predicted molar refractivity (Wildman–Crippen MR) is 155 cm³/mol. The fraction of sp³-hybridized carbons (Fsp3) is 0.606. The number of hydrogen-bond acceptors (Lipinski definition) is 8. The molecular formula is C33H40N4O5. The van der Waals surface area contributed by atoms with Crippen LogP contribution in [-0.2, 0) is 14.9 Å². The number of amides is 1. The Morgan fingerprint density at radius 3 is 2.48 bits per heavy atom. The average molecular weight is 573 g/mol. The topological polar surface area (TPSA) is 120 Å². The first kappa shape index (κ1) is 27.3. The first-order valence-electron chi connectivity index (χ1n) is 15.8. The normalized spacial score (nSPS) is 26.6. The van der Waals surface area contributed by atoms with Crippen molar-refractivity contribution in [2.75, 3.05) is 11.9 Å². The molecule has 222 valence electrons. The zero-order valence-electron chi connectivity index (χ0n) is 24.5. The van der Waals surface area contributed by atoms with Crippen LogP contribution in [0.15, 0.2) is 39.5 Å². The van der Waals surface area contributed by atoms with Crippen LogP contribution in [0.2, 0.25) is 0 Å². The van der Waals surface area contributed by atoms with Crippen LogP contribution in [-0.4, -0.2) is 33.6 Å². The van der Waals surface area contributed by atoms with Gasteiger partial charge in [-0.3, -0.25) is 4.79 Å². The van der Waals surface area contributed by atoms with Crippen molar-refractivity contribution in [3.05, 3.63) is 47.9 Å². The fourth-order valence-corrected chi connectivity index (χ4v) is 7.94. The van der Waals surface area contributed by atoms with Crippen molar-refractivity contribution in [1.29, 1.82) is 0 Å². The number of nitrogens with one attached hydrogen (secondary N) is 1. The second-order valence-corrected chi connectivity index (χ2v) is 13.3. The molecule has 1 amide bonds. The zero-order chi connectivity index (χ0) is 28.8. The first-order chi connectivity index (χ1) is 20.4. The van der Waals surface area contributed by atoms with Gasteiger partial charge in [0.2, 0.25) is 17.7 Å². The van der Waals surface area contributed by atoms with Crippen LogP contribution < -0.4 is 5.32 Å². The highest BCUT2D eigenvalue weighted by atomic mass is 16.5. The fourth-order valence-electron chi connectivity index (χ4n) is 7.94. The Morgan fingerprint density at radius 2 is 1.76 bits per heavy atom. The van der Waals surface area contributed by atoms with Crippen LogP contribution in [0.25, 0.3) is 11.5 Å². The summed E-state index contributed by atoms with van der Waals surface area (Å²) in [6.45, 7) is 2.02. The number of anilines is 1. The molecular weight excluding hydrogens is 532 g/mol. The van der Waals surface area contributed by atoms with Gasteiger partial charge in [0, 0.05) is 22.6 Å². The molecule has 0 spiro atoms. The monoisotopic (exact) mass is 572 g/mol. The lowest BCUT2D eigenvalue weighted by molar-refractivity contribution is -0.132. The van der Waals surface area contributed by atoms with E-state index in [0.29, 0.717) is 23.1 Å². The number of benzene rings is 1. The van der Waals surface area contributed by atoms with Crippen molar-refractivity contribution in [3.63, 3.8) is 0 Å². The summed E-state index contributed by atoms with van der Waals surface area (Å²) in [4.78, 5) is 35.4. The van der Waals surface area contributed by atoms with E-state index in [4.69, 9.17) is 18.7 Å². The molecule has 2 heterocycles. The summed E-state index contributed by atoms with van der Waals surface area (Å²) in [5, 5.41) is 7.60. The molecule has 0 saturated heterocycles. The van der Waals surface area contributed by atoms with Gasteiger partial charge < -0.3 is 19.0 Å². The van der Waals surface area contributed by atoms with E-state index < -0.39 is 5.97 Å². The third-order valence-electron chi connectivity index (χ3n) is 10.6. The van der Waals surface area contributed by atoms with Gasteiger partial charge in [-0.25, -0.2) is 9.78 Å². The smallest absolute Gasteiger partial charge is 0.360 e. The van der Waals surface area contributed by atoms with E-state index in [1.165, 1.54) is 25.5 Å². The molecule has 9 heteroatoms. The highest BCUT2D eigenvalue weighted by Gasteiger charge is 2.56. The van der Waals surface area contributed by atoms with Crippen molar-refractivity contribution < 1.29 is 23.3 Å². The average Bonchev–Trinajstić information content (AvgIpc) is 3.52. The van der Waals surface area contributed by atoms with Gasteiger partial charge in [0.15, 0.2) is 11.5 Å². The molecule has 5 saturated carbocycles. The molecule has 5 aliphatic carbocycles. The Morgan fingerprint density at radius 1 is 1.00 bits per heavy atom. The third kappa shape index (κ3) is 5.05. The van der Waals surface area contributed by atoms with E-state index in [-0.39, 0.29) is 34.5 Å². The van der Waals surface area contributed by atoms with Gasteiger partial charge in [-0.1, -0.05) is 30.5 Å². The largest absolute Gasteiger partial charge is 0.461 e. The Balaban J connectivity index is 1.06. The minimum atomic E-state index is -0.515. The van der Waals surface area contributed by atoms with Crippen LogP contribution in [0.5, 0.6) is 0 Å². The van der Waals surface area contributed by atoms with Crippen molar-refractivity contribution in [3.8, 4) is 11.5 Å². The minimum Gasteiger partial charge on any atom is -0.461 e. The molecule has 3 aromatic rings. The Bertz CT molecular complexity index is 1440. The molecule has 9 nitrogen and oxygen atoms in total. The van der Waals surface area contributed by atoms with E-state index in [1.54, 1.807) is 6.92 Å². The van der Waals surface area contributed by atoms with E-state index in [0.717, 1.165) is 82.3 Å². The van der Waals surface area contributed by atoms with Gasteiger partial charge in [-0.15, -0.1) is 0 Å². The van der Waals surface area contributed by atoms with E-state index in [1.807, 2.05) is 24.3 Å². The van der Waals surface area contributed by atoms with Gasteiger partial charge in [0.25, 0.3) is 0 Å². The molecule has 2 bridgehead atoms. The van der Waals surface area contributed by atoms with Crippen molar-refractivity contribution in [1.82, 2.24) is 15.1 Å². The zero-order valence-corrected chi connectivity index (χ0v) is 24.5. The maximum Gasteiger partial charge on any atom is 0.360 e. The van der Waals surface area contributed by atoms with Gasteiger partial charge in [0.05, 0.1) is 12.0 Å². The first-order valence-corrected chi connectivity index (χ1v) is 15.8. The lowest BCUT2D eigenvalue weighted by atomic mass is 9.49. The molecule has 0 radical (unpaired) electrons. The molecule has 1 N–H and O–H groups in total. The van der Waals surface area contributed by atoms with Crippen LogP contribution in [0, 0.1) is 10.8 Å². The number of aromatic nitrogens is 3. The Kier molecular flexibility index (Phi) is 6.94. The predicted octanol–water partition coefficient (Wildman–Crippen LogP) is 7.35. The lowest BCUT2D eigenvalue weighted by Gasteiger charge is -2.55. The second-order valence-electron chi connectivity index (χ2n) is 13.3. The number of esters is 1. The van der Waals surface area contributed by atoms with Gasteiger partial charge in [-0.2, -0.15) is 4.98 Å². The SMILES string of the molecule is CCOC(=O)c1coc(-c2cccc(NC(=O)C3(CC45CCC(c6nc(C7CC7)no6)(CC4)CC5)CCCCC3)c2)n1. The molecule has 0 atom stereocenters. The third-order valence-corrected chi connectivity index (χ3v) is 10.6. The van der Waals surface area contributed by atoms with Crippen LogP contribution >= 0.6 is 0 Å². The number of ether oxygens (including phenoxy) is 1. The number of hydrogen-bond donors (Lipinski definition) is 1.